The molecule has 0 spiro atoms. The highest BCUT2D eigenvalue weighted by atomic mass is 19.4. The van der Waals surface area contributed by atoms with E-state index in [1.54, 1.807) is 0 Å². The summed E-state index contributed by atoms with van der Waals surface area (Å²) in [4.78, 5) is 7.17. The van der Waals surface area contributed by atoms with Crippen LogP contribution in [0, 0.1) is 0 Å². The first-order chi connectivity index (χ1) is 6.90. The first kappa shape index (κ1) is 11.7. The van der Waals surface area contributed by atoms with E-state index in [0.29, 0.717) is 5.69 Å². The smallest absolute Gasteiger partial charge is 0.384 e. The topological polar surface area (TPSA) is 61.0 Å². The molecule has 1 aromatic rings. The van der Waals surface area contributed by atoms with E-state index in [1.165, 1.54) is 13.2 Å². The molecule has 0 unspecified atom stereocenters. The molecule has 0 aliphatic heterocycles. The second-order valence-electron chi connectivity index (χ2n) is 2.93. The zero-order valence-corrected chi connectivity index (χ0v) is 8.01. The van der Waals surface area contributed by atoms with Crippen LogP contribution in [0.4, 0.5) is 19.0 Å². The molecule has 0 aliphatic carbocycles. The zero-order valence-electron chi connectivity index (χ0n) is 8.01. The van der Waals surface area contributed by atoms with Gasteiger partial charge < -0.3 is 10.5 Å². The van der Waals surface area contributed by atoms with Gasteiger partial charge in [0.1, 0.15) is 18.1 Å². The van der Waals surface area contributed by atoms with E-state index >= 15 is 0 Å². The lowest BCUT2D eigenvalue weighted by molar-refractivity contribution is -0.128. The van der Waals surface area contributed by atoms with Gasteiger partial charge in [0.25, 0.3) is 0 Å². The Morgan fingerprint density at radius 2 is 2.07 bits per heavy atom. The number of nitrogens with zero attached hydrogens (tertiary/aromatic N) is 2. The fourth-order valence-electron chi connectivity index (χ4n) is 1.06. The van der Waals surface area contributed by atoms with Crippen LogP contribution in [0.2, 0.25) is 0 Å². The van der Waals surface area contributed by atoms with Crippen molar-refractivity contribution in [3.05, 3.63) is 17.6 Å². The van der Waals surface area contributed by atoms with E-state index < -0.39 is 12.6 Å². The Labute approximate surface area is 84.3 Å². The number of nitrogens with two attached hydrogens (primary N) is 1. The monoisotopic (exact) mass is 221 g/mol. The van der Waals surface area contributed by atoms with Crippen molar-refractivity contribution < 1.29 is 17.9 Å². The molecule has 7 heteroatoms. The van der Waals surface area contributed by atoms with Crippen molar-refractivity contribution in [3.63, 3.8) is 0 Å². The lowest BCUT2D eigenvalue weighted by Crippen LogP contribution is -2.15. The number of hydrogen-bond acceptors (Lipinski definition) is 4. The number of methoxy groups -OCH3 is 1. The van der Waals surface area contributed by atoms with Crippen LogP contribution >= 0.6 is 0 Å². The van der Waals surface area contributed by atoms with Gasteiger partial charge >= 0.3 is 6.18 Å². The summed E-state index contributed by atoms with van der Waals surface area (Å²) in [7, 11) is 1.42. The summed E-state index contributed by atoms with van der Waals surface area (Å²) >= 11 is 0. The van der Waals surface area contributed by atoms with Crippen LogP contribution in [0.1, 0.15) is 11.5 Å². The van der Waals surface area contributed by atoms with E-state index in [-0.39, 0.29) is 18.2 Å². The normalized spacial score (nSPS) is 11.7. The summed E-state index contributed by atoms with van der Waals surface area (Å²) in [6.07, 6.45) is -5.52. The second kappa shape index (κ2) is 4.43. The highest BCUT2D eigenvalue weighted by molar-refractivity contribution is 5.29. The Balaban J connectivity index is 2.88. The number of ether oxygens (including phenoxy) is 1. The van der Waals surface area contributed by atoms with Gasteiger partial charge in [-0.25, -0.2) is 9.97 Å². The van der Waals surface area contributed by atoms with Crippen LogP contribution < -0.4 is 5.73 Å². The van der Waals surface area contributed by atoms with E-state index in [9.17, 15) is 13.2 Å². The van der Waals surface area contributed by atoms with Crippen LogP contribution in [-0.2, 0) is 17.8 Å². The fraction of sp³-hybridized carbons (Fsp3) is 0.500. The zero-order chi connectivity index (χ0) is 11.5. The van der Waals surface area contributed by atoms with E-state index in [2.05, 4.69) is 9.97 Å². The molecule has 2 N–H and O–H groups in total. The van der Waals surface area contributed by atoms with E-state index in [4.69, 9.17) is 10.5 Å². The molecule has 1 heterocycles. The maximum Gasteiger partial charge on any atom is 0.396 e. The van der Waals surface area contributed by atoms with Crippen LogP contribution in [0.5, 0.6) is 0 Å². The second-order valence-corrected chi connectivity index (χ2v) is 2.93. The van der Waals surface area contributed by atoms with E-state index in [1.807, 2.05) is 0 Å². The number of alkyl halides is 3. The SMILES string of the molecule is COCc1cc(N)nc(CC(F)(F)F)n1. The predicted octanol–water partition coefficient (Wildman–Crippen LogP) is 1.31. The summed E-state index contributed by atoms with van der Waals surface area (Å²) in [6.45, 7) is 0.109. The number of anilines is 1. The number of nitrogen functional groups attached to an aromatic ring is 1. The van der Waals surface area contributed by atoms with Gasteiger partial charge in [-0.05, 0) is 0 Å². The highest BCUT2D eigenvalue weighted by Gasteiger charge is 2.29. The predicted molar refractivity (Wildman–Crippen MR) is 46.9 cm³/mol. The van der Waals surface area contributed by atoms with Gasteiger partial charge in [0.05, 0.1) is 12.3 Å². The Bertz CT molecular complexity index is 340. The van der Waals surface area contributed by atoms with Gasteiger partial charge in [0, 0.05) is 13.2 Å². The summed E-state index contributed by atoms with van der Waals surface area (Å²) < 4.78 is 40.9. The third kappa shape index (κ3) is 4.11. The van der Waals surface area contributed by atoms with Crippen molar-refractivity contribution in [2.75, 3.05) is 12.8 Å². The number of rotatable bonds is 3. The van der Waals surface area contributed by atoms with Gasteiger partial charge in [0.15, 0.2) is 0 Å². The summed E-state index contributed by atoms with van der Waals surface area (Å²) in [5, 5.41) is 0. The molecule has 0 bridgehead atoms. The summed E-state index contributed by atoms with van der Waals surface area (Å²) in [6, 6.07) is 1.38. The van der Waals surface area contributed by atoms with Gasteiger partial charge in [-0.1, -0.05) is 0 Å². The Morgan fingerprint density at radius 3 is 2.60 bits per heavy atom. The molecular weight excluding hydrogens is 211 g/mol. The minimum Gasteiger partial charge on any atom is -0.384 e. The maximum absolute atomic E-state index is 12.0. The third-order valence-electron chi connectivity index (χ3n) is 1.50. The molecule has 15 heavy (non-hydrogen) atoms. The van der Waals surface area contributed by atoms with Gasteiger partial charge in [-0.15, -0.1) is 0 Å². The molecule has 0 aromatic carbocycles. The molecule has 1 rings (SSSR count). The molecular formula is C8H10F3N3O. The largest absolute Gasteiger partial charge is 0.396 e. The standard InChI is InChI=1S/C8H10F3N3O/c1-15-4-5-2-6(12)14-7(13-5)3-8(9,10)11/h2H,3-4H2,1H3,(H2,12,13,14). The molecule has 0 amide bonds. The number of aromatic nitrogens is 2. The lowest BCUT2D eigenvalue weighted by Gasteiger charge is -2.07. The molecule has 84 valence electrons. The molecule has 4 nitrogen and oxygen atoms in total. The van der Waals surface area contributed by atoms with E-state index in [0.717, 1.165) is 0 Å². The molecule has 0 radical (unpaired) electrons. The molecule has 1 aromatic heterocycles. The Morgan fingerprint density at radius 1 is 1.40 bits per heavy atom. The fourth-order valence-corrected chi connectivity index (χ4v) is 1.06. The first-order valence-corrected chi connectivity index (χ1v) is 4.08. The first-order valence-electron chi connectivity index (χ1n) is 4.08. The maximum atomic E-state index is 12.0. The quantitative estimate of drug-likeness (QED) is 0.835. The molecule has 0 fully saturated rings. The van der Waals surface area contributed by atoms with Crippen LogP contribution in [0.3, 0.4) is 0 Å². The molecule has 0 atom stereocenters. The average Bonchev–Trinajstić information content (AvgIpc) is 1.99. The van der Waals surface area contributed by atoms with Crippen molar-refractivity contribution in [1.29, 1.82) is 0 Å². The third-order valence-corrected chi connectivity index (χ3v) is 1.50. The number of hydrogen-bond donors (Lipinski definition) is 1. The van der Waals surface area contributed by atoms with Gasteiger partial charge in [-0.2, -0.15) is 13.2 Å². The van der Waals surface area contributed by atoms with Crippen molar-refractivity contribution in [2.45, 2.75) is 19.2 Å². The molecule has 0 saturated heterocycles. The van der Waals surface area contributed by atoms with Crippen LogP contribution in [0.15, 0.2) is 6.07 Å². The highest BCUT2D eigenvalue weighted by Crippen LogP contribution is 2.19. The van der Waals surface area contributed by atoms with Gasteiger partial charge in [-0.3, -0.25) is 0 Å². The van der Waals surface area contributed by atoms with Crippen molar-refractivity contribution >= 4 is 5.82 Å². The minimum atomic E-state index is -4.34. The average molecular weight is 221 g/mol. The number of halogens is 3. The Kier molecular flexibility index (Phi) is 3.46. The van der Waals surface area contributed by atoms with Crippen LogP contribution in [0.25, 0.3) is 0 Å². The van der Waals surface area contributed by atoms with Gasteiger partial charge in [0.2, 0.25) is 0 Å². The molecule has 0 saturated carbocycles. The summed E-state index contributed by atoms with van der Waals surface area (Å²) in [5.41, 5.74) is 5.67. The van der Waals surface area contributed by atoms with Crippen LogP contribution in [-0.4, -0.2) is 23.3 Å². The van der Waals surface area contributed by atoms with Crippen molar-refractivity contribution in [1.82, 2.24) is 9.97 Å². The summed E-state index contributed by atoms with van der Waals surface area (Å²) in [5.74, 6) is -0.328. The minimum absolute atomic E-state index is 0.0105. The lowest BCUT2D eigenvalue weighted by atomic mass is 10.3. The van der Waals surface area contributed by atoms with Crippen molar-refractivity contribution in [2.24, 2.45) is 0 Å². The van der Waals surface area contributed by atoms with Crippen molar-refractivity contribution in [3.8, 4) is 0 Å². The Hall–Kier alpha value is -1.37. The molecule has 0 aliphatic rings.